The zero-order valence-electron chi connectivity index (χ0n) is 8.73. The highest BCUT2D eigenvalue weighted by atomic mass is 79.9. The Morgan fingerprint density at radius 2 is 2.44 bits per heavy atom. The van der Waals surface area contributed by atoms with Crippen LogP contribution in [0.2, 0.25) is 0 Å². The van der Waals surface area contributed by atoms with Crippen molar-refractivity contribution in [1.82, 2.24) is 5.32 Å². The van der Waals surface area contributed by atoms with E-state index in [0.29, 0.717) is 6.54 Å². The third kappa shape index (κ3) is 4.80. The quantitative estimate of drug-likeness (QED) is 0.861. The molecule has 0 bridgehead atoms. The Labute approximate surface area is 113 Å². The van der Waals surface area contributed by atoms with Gasteiger partial charge in [0.1, 0.15) is 6.04 Å². The summed E-state index contributed by atoms with van der Waals surface area (Å²) >= 11 is 4.97. The molecule has 0 fully saturated rings. The number of thiophene rings is 1. The Hall–Kier alpha value is -0.140. The van der Waals surface area contributed by atoms with Crippen molar-refractivity contribution in [2.75, 3.05) is 13.7 Å². The van der Waals surface area contributed by atoms with Gasteiger partial charge in [0.15, 0.2) is 0 Å². The van der Waals surface area contributed by atoms with Crippen molar-refractivity contribution in [3.63, 3.8) is 0 Å². The number of methoxy groups -OCH3 is 1. The van der Waals surface area contributed by atoms with Crippen molar-refractivity contribution in [3.05, 3.63) is 20.8 Å². The minimum atomic E-state index is -0.603. The van der Waals surface area contributed by atoms with Crippen molar-refractivity contribution in [2.45, 2.75) is 12.6 Å². The molecule has 92 valence electrons. The number of rotatable bonds is 5. The summed E-state index contributed by atoms with van der Waals surface area (Å²) < 4.78 is 5.80. The maximum Gasteiger partial charge on any atom is 0.239 e. The fraction of sp³-hybridized carbons (Fsp3) is 0.444. The Morgan fingerprint density at radius 3 is 2.94 bits per heavy atom. The second-order valence-electron chi connectivity index (χ2n) is 2.97. The summed E-state index contributed by atoms with van der Waals surface area (Å²) in [5.41, 5.74) is 5.56. The van der Waals surface area contributed by atoms with Crippen LogP contribution in [0.4, 0.5) is 0 Å². The molecule has 1 aromatic rings. The SMILES string of the molecule is COCC(N)C(=O)NCc1sccc1Br.Cl. The van der Waals surface area contributed by atoms with Crippen molar-refractivity contribution >= 4 is 45.6 Å². The van der Waals surface area contributed by atoms with Crippen LogP contribution in [0.3, 0.4) is 0 Å². The van der Waals surface area contributed by atoms with Crippen LogP contribution in [0.15, 0.2) is 15.9 Å². The maximum absolute atomic E-state index is 11.4. The number of hydrogen-bond acceptors (Lipinski definition) is 4. The molecule has 1 amide bonds. The summed E-state index contributed by atoms with van der Waals surface area (Å²) in [6.45, 7) is 0.728. The zero-order chi connectivity index (χ0) is 11.3. The minimum absolute atomic E-state index is 0. The van der Waals surface area contributed by atoms with E-state index in [1.54, 1.807) is 11.3 Å². The lowest BCUT2D eigenvalue weighted by Crippen LogP contribution is -2.43. The summed E-state index contributed by atoms with van der Waals surface area (Å²) in [6, 6.07) is 1.34. The Balaban J connectivity index is 0.00000225. The first-order valence-corrected chi connectivity index (χ1v) is 6.06. The van der Waals surface area contributed by atoms with Gasteiger partial charge in [-0.3, -0.25) is 4.79 Å². The number of nitrogens with one attached hydrogen (secondary N) is 1. The summed E-state index contributed by atoms with van der Waals surface area (Å²) in [5.74, 6) is -0.197. The van der Waals surface area contributed by atoms with Gasteiger partial charge in [-0.05, 0) is 27.4 Å². The summed E-state index contributed by atoms with van der Waals surface area (Å²) in [5, 5.41) is 4.71. The molecule has 3 N–H and O–H groups in total. The first-order chi connectivity index (χ1) is 7.15. The molecule has 1 rings (SSSR count). The van der Waals surface area contributed by atoms with Crippen LogP contribution < -0.4 is 11.1 Å². The normalized spacial score (nSPS) is 11.7. The van der Waals surface area contributed by atoms with E-state index in [0.717, 1.165) is 9.35 Å². The molecule has 0 radical (unpaired) electrons. The number of nitrogens with two attached hydrogens (primary N) is 1. The summed E-state index contributed by atoms with van der Waals surface area (Å²) in [7, 11) is 1.52. The monoisotopic (exact) mass is 328 g/mol. The second-order valence-corrected chi connectivity index (χ2v) is 4.83. The average Bonchev–Trinajstić information content (AvgIpc) is 2.61. The van der Waals surface area contributed by atoms with Crippen molar-refractivity contribution in [1.29, 1.82) is 0 Å². The summed E-state index contributed by atoms with van der Waals surface area (Å²) in [4.78, 5) is 12.5. The molecular weight excluding hydrogens is 316 g/mol. The molecule has 1 aromatic heterocycles. The van der Waals surface area contributed by atoms with E-state index in [2.05, 4.69) is 21.2 Å². The fourth-order valence-corrected chi connectivity index (χ4v) is 2.44. The van der Waals surface area contributed by atoms with Crippen LogP contribution in [0, 0.1) is 0 Å². The molecule has 16 heavy (non-hydrogen) atoms. The van der Waals surface area contributed by atoms with Crippen molar-refractivity contribution in [3.8, 4) is 0 Å². The molecule has 7 heteroatoms. The highest BCUT2D eigenvalue weighted by Gasteiger charge is 2.13. The van der Waals surface area contributed by atoms with Crippen LogP contribution in [0.25, 0.3) is 0 Å². The lowest BCUT2D eigenvalue weighted by atomic mass is 10.3. The molecule has 0 saturated heterocycles. The molecular formula is C9H14BrClN2O2S. The molecule has 1 heterocycles. The lowest BCUT2D eigenvalue weighted by molar-refractivity contribution is -0.123. The Kier molecular flexibility index (Phi) is 7.96. The number of carbonyl (C=O) groups is 1. The number of ether oxygens (including phenoxy) is 1. The molecule has 0 spiro atoms. The third-order valence-corrected chi connectivity index (χ3v) is 3.72. The van der Waals surface area contributed by atoms with Gasteiger partial charge in [-0.15, -0.1) is 23.7 Å². The van der Waals surface area contributed by atoms with Gasteiger partial charge in [0.2, 0.25) is 5.91 Å². The van der Waals surface area contributed by atoms with Crippen molar-refractivity contribution in [2.24, 2.45) is 5.73 Å². The first-order valence-electron chi connectivity index (χ1n) is 4.39. The molecule has 0 aliphatic rings. The predicted octanol–water partition coefficient (Wildman–Crippen LogP) is 1.52. The van der Waals surface area contributed by atoms with Crippen molar-refractivity contribution < 1.29 is 9.53 Å². The van der Waals surface area contributed by atoms with E-state index in [9.17, 15) is 4.79 Å². The van der Waals surface area contributed by atoms with E-state index < -0.39 is 6.04 Å². The standard InChI is InChI=1S/C9H13BrN2O2S.ClH/c1-14-5-7(11)9(13)12-4-8-6(10)2-3-15-8;/h2-3,7H,4-5,11H2,1H3,(H,12,13);1H. The van der Waals surface area contributed by atoms with E-state index in [4.69, 9.17) is 10.5 Å². The van der Waals surface area contributed by atoms with Crippen LogP contribution in [-0.4, -0.2) is 25.7 Å². The lowest BCUT2D eigenvalue weighted by Gasteiger charge is -2.10. The number of carbonyl (C=O) groups excluding carboxylic acids is 1. The number of halogens is 2. The highest BCUT2D eigenvalue weighted by Crippen LogP contribution is 2.21. The number of amides is 1. The van der Waals surface area contributed by atoms with Crippen LogP contribution >= 0.6 is 39.7 Å². The molecule has 4 nitrogen and oxygen atoms in total. The van der Waals surface area contributed by atoms with Gasteiger partial charge < -0.3 is 15.8 Å². The zero-order valence-corrected chi connectivity index (χ0v) is 12.0. The van der Waals surface area contributed by atoms with E-state index >= 15 is 0 Å². The minimum Gasteiger partial charge on any atom is -0.383 e. The fourth-order valence-electron chi connectivity index (χ4n) is 1.00. The summed E-state index contributed by atoms with van der Waals surface area (Å²) in [6.07, 6.45) is 0. The first kappa shape index (κ1) is 15.9. The molecule has 1 unspecified atom stereocenters. The molecule has 0 saturated carbocycles. The maximum atomic E-state index is 11.4. The number of hydrogen-bond donors (Lipinski definition) is 2. The topological polar surface area (TPSA) is 64.3 Å². The molecule has 0 aromatic carbocycles. The average molecular weight is 330 g/mol. The van der Waals surface area contributed by atoms with E-state index in [-0.39, 0.29) is 24.9 Å². The second kappa shape index (κ2) is 8.03. The van der Waals surface area contributed by atoms with Crippen LogP contribution in [0.5, 0.6) is 0 Å². The van der Waals surface area contributed by atoms with Gasteiger partial charge in [0, 0.05) is 16.5 Å². The smallest absolute Gasteiger partial charge is 0.239 e. The van der Waals surface area contributed by atoms with E-state index in [1.807, 2.05) is 11.4 Å². The molecule has 0 aliphatic carbocycles. The predicted molar refractivity (Wildman–Crippen MR) is 71.0 cm³/mol. The van der Waals surface area contributed by atoms with Gasteiger partial charge in [-0.1, -0.05) is 0 Å². The largest absolute Gasteiger partial charge is 0.383 e. The Bertz CT molecular complexity index is 335. The van der Waals surface area contributed by atoms with Gasteiger partial charge in [0.05, 0.1) is 13.2 Å². The molecule has 0 aliphatic heterocycles. The highest BCUT2D eigenvalue weighted by molar-refractivity contribution is 9.10. The van der Waals surface area contributed by atoms with E-state index in [1.165, 1.54) is 7.11 Å². The van der Waals surface area contributed by atoms with Crippen LogP contribution in [0.1, 0.15) is 4.88 Å². The van der Waals surface area contributed by atoms with Gasteiger partial charge in [-0.25, -0.2) is 0 Å². The Morgan fingerprint density at radius 1 is 1.75 bits per heavy atom. The molecule has 1 atom stereocenters. The van der Waals surface area contributed by atoms with Gasteiger partial charge >= 0.3 is 0 Å². The third-order valence-electron chi connectivity index (χ3n) is 1.80. The van der Waals surface area contributed by atoms with Gasteiger partial charge in [0.25, 0.3) is 0 Å². The van der Waals surface area contributed by atoms with Gasteiger partial charge in [-0.2, -0.15) is 0 Å². The van der Waals surface area contributed by atoms with Crippen LogP contribution in [-0.2, 0) is 16.1 Å².